The second kappa shape index (κ2) is 6.20. The first kappa shape index (κ1) is 15.8. The van der Waals surface area contributed by atoms with Crippen LogP contribution in [0.3, 0.4) is 0 Å². The normalized spacial score (nSPS) is 10.6. The van der Waals surface area contributed by atoms with E-state index >= 15 is 0 Å². The van der Waals surface area contributed by atoms with E-state index in [9.17, 15) is 9.59 Å². The zero-order valence-corrected chi connectivity index (χ0v) is 13.7. The Hall–Kier alpha value is -3.08. The number of benzene rings is 2. The van der Waals surface area contributed by atoms with Crippen LogP contribution in [0.4, 0.5) is 11.4 Å². The van der Waals surface area contributed by atoms with Gasteiger partial charge in [0.05, 0.1) is 19.8 Å². The fourth-order valence-electron chi connectivity index (χ4n) is 2.56. The smallest absolute Gasteiger partial charge is 0.250 e. The Kier molecular flexibility index (Phi) is 4.08. The van der Waals surface area contributed by atoms with Crippen molar-refractivity contribution in [2.45, 2.75) is 6.92 Å². The van der Waals surface area contributed by atoms with Gasteiger partial charge in [-0.05, 0) is 24.6 Å². The number of rotatable bonds is 5. The lowest BCUT2D eigenvalue weighted by molar-refractivity contribution is 0.355. The maximum absolute atomic E-state index is 12.0. The molecule has 3 aromatic carbocycles. The van der Waals surface area contributed by atoms with Gasteiger partial charge in [-0.3, -0.25) is 9.59 Å². The van der Waals surface area contributed by atoms with Crippen LogP contribution in [0.25, 0.3) is 11.1 Å². The van der Waals surface area contributed by atoms with E-state index < -0.39 is 10.9 Å². The summed E-state index contributed by atoms with van der Waals surface area (Å²) in [6, 6.07) is 12.7. The van der Waals surface area contributed by atoms with E-state index in [0.29, 0.717) is 28.4 Å². The second-order valence-corrected chi connectivity index (χ2v) is 5.47. The van der Waals surface area contributed by atoms with Crippen LogP contribution in [0, 0.1) is 6.92 Å². The minimum Gasteiger partial charge on any atom is -0.493 e. The van der Waals surface area contributed by atoms with Crippen LogP contribution in [0.2, 0.25) is 0 Å². The van der Waals surface area contributed by atoms with Gasteiger partial charge in [0.15, 0.2) is 11.5 Å². The summed E-state index contributed by atoms with van der Waals surface area (Å²) in [5, 5.41) is 3.02. The molecule has 0 saturated heterocycles. The third-order valence-electron chi connectivity index (χ3n) is 3.90. The van der Waals surface area contributed by atoms with Crippen molar-refractivity contribution < 1.29 is 9.47 Å². The summed E-state index contributed by atoms with van der Waals surface area (Å²) in [4.78, 5) is 23.9. The Morgan fingerprint density at radius 1 is 0.833 bits per heavy atom. The van der Waals surface area contributed by atoms with Gasteiger partial charge in [-0.15, -0.1) is 0 Å². The highest BCUT2D eigenvalue weighted by Gasteiger charge is 2.22. The molecule has 5 heteroatoms. The first-order valence-electron chi connectivity index (χ1n) is 7.44. The van der Waals surface area contributed by atoms with E-state index in [0.717, 1.165) is 11.1 Å². The minimum absolute atomic E-state index is 0.302. The number of hydrogen-bond acceptors (Lipinski definition) is 5. The molecule has 0 aliphatic heterocycles. The first-order valence-corrected chi connectivity index (χ1v) is 7.44. The molecule has 5 nitrogen and oxygen atoms in total. The van der Waals surface area contributed by atoms with Crippen LogP contribution in [0.5, 0.6) is 11.5 Å². The lowest BCUT2D eigenvalue weighted by Gasteiger charge is -2.15. The average Bonchev–Trinajstić information content (AvgIpc) is 2.62. The minimum atomic E-state index is -0.514. The Bertz CT molecular complexity index is 951. The molecule has 0 atom stereocenters. The molecule has 3 rings (SSSR count). The second-order valence-electron chi connectivity index (χ2n) is 5.47. The van der Waals surface area contributed by atoms with Crippen LogP contribution in [0.15, 0.2) is 52.1 Å². The number of aryl methyl sites for hydroxylation is 1. The lowest BCUT2D eigenvalue weighted by atomic mass is 9.97. The summed E-state index contributed by atoms with van der Waals surface area (Å²) in [6.07, 6.45) is 0. The molecule has 0 radical (unpaired) electrons. The maximum atomic E-state index is 12.0. The Morgan fingerprint density at radius 3 is 2.12 bits per heavy atom. The molecule has 0 aromatic heterocycles. The highest BCUT2D eigenvalue weighted by molar-refractivity contribution is 5.85. The zero-order chi connectivity index (χ0) is 17.3. The van der Waals surface area contributed by atoms with E-state index in [1.807, 2.05) is 31.2 Å². The Balaban J connectivity index is 1.97. The SMILES string of the molecule is COc1ccc(Nc2c(-c3ccc(C)cc3)c(=O)c2=O)cc1OC. The summed E-state index contributed by atoms with van der Waals surface area (Å²) in [5.41, 5.74) is 2.20. The van der Waals surface area contributed by atoms with Gasteiger partial charge in [-0.25, -0.2) is 0 Å². The largest absolute Gasteiger partial charge is 0.493 e. The highest BCUT2D eigenvalue weighted by atomic mass is 16.5. The number of anilines is 2. The molecule has 0 aliphatic carbocycles. The molecule has 0 amide bonds. The molecular weight excluding hydrogens is 306 g/mol. The molecule has 0 bridgehead atoms. The summed E-state index contributed by atoms with van der Waals surface area (Å²) in [6.45, 7) is 1.97. The van der Waals surface area contributed by atoms with Crippen molar-refractivity contribution in [3.8, 4) is 22.6 Å². The van der Waals surface area contributed by atoms with Crippen molar-refractivity contribution in [1.82, 2.24) is 0 Å². The van der Waals surface area contributed by atoms with Gasteiger partial charge in [-0.2, -0.15) is 0 Å². The van der Waals surface area contributed by atoms with Crippen LogP contribution in [-0.4, -0.2) is 14.2 Å². The van der Waals surface area contributed by atoms with Gasteiger partial charge in [0.1, 0.15) is 5.69 Å². The molecule has 24 heavy (non-hydrogen) atoms. The van der Waals surface area contributed by atoms with Gasteiger partial charge in [0.2, 0.25) is 5.43 Å². The molecule has 3 aromatic rings. The van der Waals surface area contributed by atoms with Crippen LogP contribution < -0.4 is 25.6 Å². The monoisotopic (exact) mass is 323 g/mol. The average molecular weight is 323 g/mol. The number of hydrogen-bond donors (Lipinski definition) is 1. The van der Waals surface area contributed by atoms with Crippen LogP contribution in [0.1, 0.15) is 5.56 Å². The maximum Gasteiger partial charge on any atom is 0.250 e. The summed E-state index contributed by atoms with van der Waals surface area (Å²) >= 11 is 0. The predicted molar refractivity (Wildman–Crippen MR) is 94.4 cm³/mol. The third-order valence-corrected chi connectivity index (χ3v) is 3.90. The van der Waals surface area contributed by atoms with E-state index in [2.05, 4.69) is 5.32 Å². The van der Waals surface area contributed by atoms with E-state index in [1.165, 1.54) is 7.11 Å². The highest BCUT2D eigenvalue weighted by Crippen LogP contribution is 2.32. The van der Waals surface area contributed by atoms with Gasteiger partial charge in [-0.1, -0.05) is 29.8 Å². The van der Waals surface area contributed by atoms with Gasteiger partial charge < -0.3 is 14.8 Å². The third kappa shape index (κ3) is 2.65. The summed E-state index contributed by atoms with van der Waals surface area (Å²) < 4.78 is 10.4. The molecular formula is C19H17NO4. The Morgan fingerprint density at radius 2 is 1.50 bits per heavy atom. The zero-order valence-electron chi connectivity index (χ0n) is 13.7. The van der Waals surface area contributed by atoms with Crippen LogP contribution >= 0.6 is 0 Å². The van der Waals surface area contributed by atoms with Gasteiger partial charge in [0, 0.05) is 11.8 Å². The molecule has 0 unspecified atom stereocenters. The quantitative estimate of drug-likeness (QED) is 0.731. The molecule has 0 heterocycles. The lowest BCUT2D eigenvalue weighted by Crippen LogP contribution is -2.35. The summed E-state index contributed by atoms with van der Waals surface area (Å²) in [5.74, 6) is 1.13. The van der Waals surface area contributed by atoms with Crippen molar-refractivity contribution in [3.05, 3.63) is 68.5 Å². The van der Waals surface area contributed by atoms with Crippen molar-refractivity contribution in [2.24, 2.45) is 0 Å². The van der Waals surface area contributed by atoms with E-state index in [4.69, 9.17) is 9.47 Å². The van der Waals surface area contributed by atoms with E-state index in [1.54, 1.807) is 25.3 Å². The number of nitrogens with one attached hydrogen (secondary N) is 1. The fourth-order valence-corrected chi connectivity index (χ4v) is 2.56. The summed E-state index contributed by atoms with van der Waals surface area (Å²) in [7, 11) is 3.09. The van der Waals surface area contributed by atoms with Gasteiger partial charge >= 0.3 is 0 Å². The molecule has 0 saturated carbocycles. The number of ether oxygens (including phenoxy) is 2. The number of methoxy groups -OCH3 is 2. The molecule has 0 spiro atoms. The standard InChI is InChI=1S/C19H17NO4/c1-11-4-6-12(7-5-11)16-17(19(22)18(16)21)20-13-8-9-14(23-2)15(10-13)24-3/h4-10,20H,1-3H3. The molecule has 0 fully saturated rings. The molecule has 0 aliphatic rings. The van der Waals surface area contributed by atoms with Crippen LogP contribution in [-0.2, 0) is 0 Å². The van der Waals surface area contributed by atoms with Crippen molar-refractivity contribution >= 4 is 11.4 Å². The first-order chi connectivity index (χ1) is 11.5. The van der Waals surface area contributed by atoms with Crippen molar-refractivity contribution in [1.29, 1.82) is 0 Å². The van der Waals surface area contributed by atoms with Crippen molar-refractivity contribution in [2.75, 3.05) is 19.5 Å². The molecule has 122 valence electrons. The fraction of sp³-hybridized carbons (Fsp3) is 0.158. The Labute approximate surface area is 139 Å². The molecule has 1 N–H and O–H groups in total. The van der Waals surface area contributed by atoms with Gasteiger partial charge in [0.25, 0.3) is 5.43 Å². The topological polar surface area (TPSA) is 64.6 Å². The van der Waals surface area contributed by atoms with Crippen molar-refractivity contribution in [3.63, 3.8) is 0 Å². The van der Waals surface area contributed by atoms with E-state index in [-0.39, 0.29) is 0 Å². The predicted octanol–water partition coefficient (Wildman–Crippen LogP) is 3.02.